The molecule has 0 atom stereocenters. The molecule has 0 heterocycles. The fraction of sp³-hybridized carbons (Fsp3) is 0.600. The zero-order valence-corrected chi connectivity index (χ0v) is 6.71. The first kappa shape index (κ1) is 6.96. The molecule has 0 aromatic heterocycles. The van der Waals surface area contributed by atoms with Crippen molar-refractivity contribution in [2.45, 2.75) is 32.1 Å². The highest BCUT2D eigenvalue weighted by atomic mass is 16.3. The van der Waals surface area contributed by atoms with Crippen molar-refractivity contribution < 1.29 is 5.11 Å². The minimum absolute atomic E-state index is 0.549. The van der Waals surface area contributed by atoms with Crippen LogP contribution in [0.1, 0.15) is 32.1 Å². The monoisotopic (exact) mass is 150 g/mol. The number of hydrogen-bond acceptors (Lipinski definition) is 1. The highest BCUT2D eigenvalue weighted by Crippen LogP contribution is 2.36. The average Bonchev–Trinajstić information content (AvgIpc) is 1.90. The molecule has 0 unspecified atom stereocenters. The maximum atomic E-state index is 9.12. The molecule has 0 bridgehead atoms. The third kappa shape index (κ3) is 1.32. The van der Waals surface area contributed by atoms with Crippen LogP contribution in [0.4, 0.5) is 0 Å². The van der Waals surface area contributed by atoms with Crippen LogP contribution in [-0.2, 0) is 0 Å². The van der Waals surface area contributed by atoms with Crippen LogP contribution in [0.2, 0.25) is 0 Å². The molecule has 0 aromatic carbocycles. The Morgan fingerprint density at radius 2 is 2.00 bits per heavy atom. The topological polar surface area (TPSA) is 20.2 Å². The fourth-order valence-electron chi connectivity index (χ4n) is 1.76. The first-order valence-electron chi connectivity index (χ1n) is 4.45. The summed E-state index contributed by atoms with van der Waals surface area (Å²) < 4.78 is 0. The molecule has 2 aliphatic carbocycles. The molecule has 2 aliphatic rings. The Kier molecular flexibility index (Phi) is 1.72. The van der Waals surface area contributed by atoms with Crippen LogP contribution in [-0.4, -0.2) is 5.11 Å². The van der Waals surface area contributed by atoms with Crippen molar-refractivity contribution >= 4 is 0 Å². The fourth-order valence-corrected chi connectivity index (χ4v) is 1.76. The van der Waals surface area contributed by atoms with Gasteiger partial charge in [-0.1, -0.05) is 18.1 Å². The van der Waals surface area contributed by atoms with Crippen LogP contribution < -0.4 is 0 Å². The Labute approximate surface area is 67.4 Å². The molecule has 60 valence electrons. The van der Waals surface area contributed by atoms with Crippen molar-refractivity contribution in [1.29, 1.82) is 0 Å². The summed E-state index contributed by atoms with van der Waals surface area (Å²) in [5.74, 6) is 1.41. The molecule has 0 radical (unpaired) electrons. The van der Waals surface area contributed by atoms with Crippen LogP contribution in [0.25, 0.3) is 0 Å². The Balaban J connectivity index is 2.03. The van der Waals surface area contributed by atoms with Crippen molar-refractivity contribution in [1.82, 2.24) is 0 Å². The maximum absolute atomic E-state index is 9.12. The summed E-state index contributed by atoms with van der Waals surface area (Å²) >= 11 is 0. The molecule has 0 aliphatic heterocycles. The lowest BCUT2D eigenvalue weighted by molar-refractivity contribution is 0.341. The van der Waals surface area contributed by atoms with Crippen LogP contribution in [0, 0.1) is 5.92 Å². The molecular formula is C10H14O. The van der Waals surface area contributed by atoms with Gasteiger partial charge in [-0.15, -0.1) is 0 Å². The molecule has 1 saturated carbocycles. The van der Waals surface area contributed by atoms with Gasteiger partial charge in [0.15, 0.2) is 0 Å². The maximum Gasteiger partial charge on any atom is 0.0925 e. The van der Waals surface area contributed by atoms with Crippen molar-refractivity contribution in [3.63, 3.8) is 0 Å². The van der Waals surface area contributed by atoms with Gasteiger partial charge in [-0.2, -0.15) is 0 Å². The van der Waals surface area contributed by atoms with E-state index in [1.54, 1.807) is 5.57 Å². The zero-order chi connectivity index (χ0) is 7.68. The molecule has 1 nitrogen and oxygen atoms in total. The molecule has 2 rings (SSSR count). The standard InChI is InChI=1S/C10H14O/c11-10-6-4-9(5-7-10)8-2-1-3-8/h4,6,8,11H,1-3,5,7H2. The minimum atomic E-state index is 0.549. The molecule has 0 amide bonds. The number of rotatable bonds is 1. The van der Waals surface area contributed by atoms with Crippen LogP contribution >= 0.6 is 0 Å². The Bertz CT molecular complexity index is 209. The Morgan fingerprint density at radius 1 is 1.18 bits per heavy atom. The summed E-state index contributed by atoms with van der Waals surface area (Å²) in [6, 6.07) is 0. The van der Waals surface area contributed by atoms with Gasteiger partial charge < -0.3 is 5.11 Å². The molecule has 1 N–H and O–H groups in total. The minimum Gasteiger partial charge on any atom is -0.512 e. The van der Waals surface area contributed by atoms with Gasteiger partial charge >= 0.3 is 0 Å². The Hall–Kier alpha value is -0.720. The smallest absolute Gasteiger partial charge is 0.0925 e. The van der Waals surface area contributed by atoms with E-state index in [2.05, 4.69) is 6.08 Å². The summed E-state index contributed by atoms with van der Waals surface area (Å²) in [4.78, 5) is 0. The average molecular weight is 150 g/mol. The van der Waals surface area contributed by atoms with Gasteiger partial charge in [0, 0.05) is 6.42 Å². The van der Waals surface area contributed by atoms with Gasteiger partial charge in [0.2, 0.25) is 0 Å². The van der Waals surface area contributed by atoms with E-state index in [1.807, 2.05) is 6.08 Å². The van der Waals surface area contributed by atoms with E-state index < -0.39 is 0 Å². The summed E-state index contributed by atoms with van der Waals surface area (Å²) in [6.07, 6.45) is 10.1. The second-order valence-electron chi connectivity index (χ2n) is 3.53. The van der Waals surface area contributed by atoms with Crippen molar-refractivity contribution in [2.24, 2.45) is 5.92 Å². The second kappa shape index (κ2) is 2.72. The van der Waals surface area contributed by atoms with Gasteiger partial charge in [-0.05, 0) is 31.3 Å². The normalized spacial score (nSPS) is 25.5. The molecule has 0 aromatic rings. The number of aliphatic hydroxyl groups is 1. The van der Waals surface area contributed by atoms with E-state index in [0.29, 0.717) is 5.76 Å². The third-order valence-electron chi connectivity index (χ3n) is 2.79. The van der Waals surface area contributed by atoms with E-state index in [0.717, 1.165) is 18.8 Å². The highest BCUT2D eigenvalue weighted by molar-refractivity contribution is 5.23. The summed E-state index contributed by atoms with van der Waals surface area (Å²) in [5.41, 5.74) is 1.56. The molecule has 1 heteroatoms. The lowest BCUT2D eigenvalue weighted by Crippen LogP contribution is -2.14. The summed E-state index contributed by atoms with van der Waals surface area (Å²) in [6.45, 7) is 0. The van der Waals surface area contributed by atoms with Gasteiger partial charge in [-0.25, -0.2) is 0 Å². The van der Waals surface area contributed by atoms with Gasteiger partial charge in [0.25, 0.3) is 0 Å². The van der Waals surface area contributed by atoms with E-state index in [1.165, 1.54) is 19.3 Å². The van der Waals surface area contributed by atoms with E-state index >= 15 is 0 Å². The predicted octanol–water partition coefficient (Wildman–Crippen LogP) is 2.95. The molecule has 0 saturated heterocycles. The van der Waals surface area contributed by atoms with Crippen LogP contribution in [0.15, 0.2) is 23.5 Å². The first-order chi connectivity index (χ1) is 5.36. The molecule has 0 spiro atoms. The van der Waals surface area contributed by atoms with E-state index in [9.17, 15) is 0 Å². The van der Waals surface area contributed by atoms with E-state index in [-0.39, 0.29) is 0 Å². The molecular weight excluding hydrogens is 136 g/mol. The SMILES string of the molecule is OC1=CC=C(C2CCC2)CC1. The lowest BCUT2D eigenvalue weighted by Gasteiger charge is -2.29. The van der Waals surface area contributed by atoms with Crippen LogP contribution in [0.5, 0.6) is 0 Å². The van der Waals surface area contributed by atoms with E-state index in [4.69, 9.17) is 5.11 Å². The predicted molar refractivity (Wildman–Crippen MR) is 45.4 cm³/mol. The van der Waals surface area contributed by atoms with Gasteiger partial charge in [0.05, 0.1) is 5.76 Å². The third-order valence-corrected chi connectivity index (χ3v) is 2.79. The second-order valence-corrected chi connectivity index (χ2v) is 3.53. The quantitative estimate of drug-likeness (QED) is 0.609. The van der Waals surface area contributed by atoms with Gasteiger partial charge in [0.1, 0.15) is 0 Å². The summed E-state index contributed by atoms with van der Waals surface area (Å²) in [5, 5.41) is 9.12. The number of allylic oxidation sites excluding steroid dienone is 4. The zero-order valence-electron chi connectivity index (χ0n) is 6.71. The Morgan fingerprint density at radius 3 is 2.45 bits per heavy atom. The molecule has 1 fully saturated rings. The first-order valence-corrected chi connectivity index (χ1v) is 4.45. The van der Waals surface area contributed by atoms with Crippen molar-refractivity contribution in [2.75, 3.05) is 0 Å². The molecule has 11 heavy (non-hydrogen) atoms. The largest absolute Gasteiger partial charge is 0.512 e. The van der Waals surface area contributed by atoms with Gasteiger partial charge in [-0.3, -0.25) is 0 Å². The van der Waals surface area contributed by atoms with Crippen LogP contribution in [0.3, 0.4) is 0 Å². The number of hydrogen-bond donors (Lipinski definition) is 1. The lowest BCUT2D eigenvalue weighted by atomic mass is 9.77. The highest BCUT2D eigenvalue weighted by Gasteiger charge is 2.22. The summed E-state index contributed by atoms with van der Waals surface area (Å²) in [7, 11) is 0. The van der Waals surface area contributed by atoms with Crippen molar-refractivity contribution in [3.8, 4) is 0 Å². The van der Waals surface area contributed by atoms with Crippen molar-refractivity contribution in [3.05, 3.63) is 23.5 Å². The number of aliphatic hydroxyl groups excluding tert-OH is 1.